The first kappa shape index (κ1) is 10.9. The standard InChI is InChI=1S/C13H17N3/c14-10-13-12(6-3-8-15-13)16-9-7-11-4-1-2-5-11/h3,6,8,11,16H,1-2,4-5,7,9H2. The summed E-state index contributed by atoms with van der Waals surface area (Å²) in [5.41, 5.74) is 1.36. The van der Waals surface area contributed by atoms with Crippen molar-refractivity contribution >= 4 is 5.69 Å². The number of nitrogens with zero attached hydrogens (tertiary/aromatic N) is 2. The maximum atomic E-state index is 8.88. The van der Waals surface area contributed by atoms with Gasteiger partial charge in [-0.05, 0) is 24.5 Å². The van der Waals surface area contributed by atoms with Gasteiger partial charge in [0.25, 0.3) is 0 Å². The van der Waals surface area contributed by atoms with Gasteiger partial charge < -0.3 is 5.32 Å². The summed E-state index contributed by atoms with van der Waals surface area (Å²) in [4.78, 5) is 4.02. The molecule has 16 heavy (non-hydrogen) atoms. The van der Waals surface area contributed by atoms with Gasteiger partial charge in [-0.25, -0.2) is 4.98 Å². The third-order valence-corrected chi connectivity index (χ3v) is 3.26. The lowest BCUT2D eigenvalue weighted by atomic mass is 10.0. The number of aromatic nitrogens is 1. The van der Waals surface area contributed by atoms with E-state index in [0.29, 0.717) is 5.69 Å². The van der Waals surface area contributed by atoms with Crippen LogP contribution in [0.1, 0.15) is 37.8 Å². The van der Waals surface area contributed by atoms with Gasteiger partial charge in [0.1, 0.15) is 6.07 Å². The molecule has 3 nitrogen and oxygen atoms in total. The van der Waals surface area contributed by atoms with Gasteiger partial charge in [-0.1, -0.05) is 25.7 Å². The quantitative estimate of drug-likeness (QED) is 0.840. The maximum Gasteiger partial charge on any atom is 0.163 e. The van der Waals surface area contributed by atoms with E-state index in [-0.39, 0.29) is 0 Å². The highest BCUT2D eigenvalue weighted by Gasteiger charge is 2.14. The molecule has 2 rings (SSSR count). The van der Waals surface area contributed by atoms with Crippen LogP contribution in [0.2, 0.25) is 0 Å². The molecule has 0 aliphatic heterocycles. The molecule has 1 fully saturated rings. The lowest BCUT2D eigenvalue weighted by molar-refractivity contribution is 0.518. The number of rotatable bonds is 4. The molecule has 1 aliphatic carbocycles. The first-order valence-electron chi connectivity index (χ1n) is 5.99. The molecule has 0 aromatic carbocycles. The number of nitrogens with one attached hydrogen (secondary N) is 1. The van der Waals surface area contributed by atoms with E-state index in [1.54, 1.807) is 6.20 Å². The largest absolute Gasteiger partial charge is 0.383 e. The number of pyridine rings is 1. The Hall–Kier alpha value is -1.56. The van der Waals surface area contributed by atoms with Gasteiger partial charge in [-0.15, -0.1) is 0 Å². The Bertz CT molecular complexity index is 375. The first-order valence-corrected chi connectivity index (χ1v) is 5.99. The Labute approximate surface area is 96.5 Å². The highest BCUT2D eigenvalue weighted by atomic mass is 14.9. The van der Waals surface area contributed by atoms with Crippen LogP contribution in [0, 0.1) is 17.2 Å². The van der Waals surface area contributed by atoms with Crippen LogP contribution >= 0.6 is 0 Å². The smallest absolute Gasteiger partial charge is 0.163 e. The summed E-state index contributed by atoms with van der Waals surface area (Å²) in [6.45, 7) is 0.949. The summed E-state index contributed by atoms with van der Waals surface area (Å²) in [6, 6.07) is 5.88. The van der Waals surface area contributed by atoms with Crippen LogP contribution in [-0.2, 0) is 0 Å². The van der Waals surface area contributed by atoms with E-state index in [0.717, 1.165) is 18.2 Å². The van der Waals surface area contributed by atoms with E-state index in [1.807, 2.05) is 12.1 Å². The Morgan fingerprint density at radius 3 is 3.00 bits per heavy atom. The first-order chi connectivity index (χ1) is 7.90. The summed E-state index contributed by atoms with van der Waals surface area (Å²) in [5, 5.41) is 12.2. The van der Waals surface area contributed by atoms with Gasteiger partial charge in [-0.3, -0.25) is 0 Å². The fraction of sp³-hybridized carbons (Fsp3) is 0.538. The molecule has 0 saturated heterocycles. The maximum absolute atomic E-state index is 8.88. The fourth-order valence-electron chi connectivity index (χ4n) is 2.35. The lowest BCUT2D eigenvalue weighted by Gasteiger charge is -2.11. The van der Waals surface area contributed by atoms with Crippen LogP contribution in [0.5, 0.6) is 0 Å². The van der Waals surface area contributed by atoms with E-state index >= 15 is 0 Å². The van der Waals surface area contributed by atoms with Crippen molar-refractivity contribution in [2.24, 2.45) is 5.92 Å². The minimum absolute atomic E-state index is 0.494. The molecular formula is C13H17N3. The second-order valence-electron chi connectivity index (χ2n) is 4.38. The van der Waals surface area contributed by atoms with Crippen molar-refractivity contribution in [2.75, 3.05) is 11.9 Å². The SMILES string of the molecule is N#Cc1ncccc1NCCC1CCCC1. The van der Waals surface area contributed by atoms with Crippen molar-refractivity contribution in [2.45, 2.75) is 32.1 Å². The zero-order chi connectivity index (χ0) is 11.2. The highest BCUT2D eigenvalue weighted by Crippen LogP contribution is 2.27. The molecular weight excluding hydrogens is 198 g/mol. The number of hydrogen-bond acceptors (Lipinski definition) is 3. The molecule has 1 heterocycles. The minimum Gasteiger partial charge on any atom is -0.383 e. The number of nitriles is 1. The molecule has 1 N–H and O–H groups in total. The second-order valence-corrected chi connectivity index (χ2v) is 4.38. The summed E-state index contributed by atoms with van der Waals surface area (Å²) in [7, 11) is 0. The summed E-state index contributed by atoms with van der Waals surface area (Å²) in [6.07, 6.45) is 8.39. The van der Waals surface area contributed by atoms with Gasteiger partial charge in [-0.2, -0.15) is 5.26 Å². The zero-order valence-corrected chi connectivity index (χ0v) is 9.45. The monoisotopic (exact) mass is 215 g/mol. The predicted octanol–water partition coefficient (Wildman–Crippen LogP) is 2.95. The van der Waals surface area contributed by atoms with Crippen LogP contribution in [0.4, 0.5) is 5.69 Å². The van der Waals surface area contributed by atoms with Crippen LogP contribution in [0.3, 0.4) is 0 Å². The summed E-state index contributed by atoms with van der Waals surface area (Å²) < 4.78 is 0. The molecule has 1 aliphatic rings. The van der Waals surface area contributed by atoms with Crippen LogP contribution in [-0.4, -0.2) is 11.5 Å². The van der Waals surface area contributed by atoms with Crippen LogP contribution < -0.4 is 5.32 Å². The molecule has 1 aromatic rings. The van der Waals surface area contributed by atoms with Gasteiger partial charge >= 0.3 is 0 Å². The van der Waals surface area contributed by atoms with E-state index in [4.69, 9.17) is 5.26 Å². The topological polar surface area (TPSA) is 48.7 Å². The lowest BCUT2D eigenvalue weighted by Crippen LogP contribution is -2.08. The van der Waals surface area contributed by atoms with Crippen molar-refractivity contribution in [3.8, 4) is 6.07 Å². The Kier molecular flexibility index (Phi) is 3.76. The van der Waals surface area contributed by atoms with Crippen molar-refractivity contribution in [3.05, 3.63) is 24.0 Å². The molecule has 1 aromatic heterocycles. The molecule has 0 atom stereocenters. The van der Waals surface area contributed by atoms with Crippen molar-refractivity contribution in [1.82, 2.24) is 4.98 Å². The van der Waals surface area contributed by atoms with Crippen LogP contribution in [0.15, 0.2) is 18.3 Å². The predicted molar refractivity (Wildman–Crippen MR) is 64.0 cm³/mol. The van der Waals surface area contributed by atoms with E-state index < -0.39 is 0 Å². The Morgan fingerprint density at radius 2 is 2.25 bits per heavy atom. The van der Waals surface area contributed by atoms with Crippen molar-refractivity contribution in [1.29, 1.82) is 5.26 Å². The highest BCUT2D eigenvalue weighted by molar-refractivity contribution is 5.53. The van der Waals surface area contributed by atoms with Crippen LogP contribution in [0.25, 0.3) is 0 Å². The van der Waals surface area contributed by atoms with Gasteiger partial charge in [0.05, 0.1) is 5.69 Å². The van der Waals surface area contributed by atoms with Gasteiger partial charge in [0, 0.05) is 12.7 Å². The molecule has 0 unspecified atom stereocenters. The minimum atomic E-state index is 0.494. The molecule has 0 amide bonds. The molecule has 3 heteroatoms. The average molecular weight is 215 g/mol. The normalized spacial score (nSPS) is 15.9. The fourth-order valence-corrected chi connectivity index (χ4v) is 2.35. The molecule has 0 radical (unpaired) electrons. The third-order valence-electron chi connectivity index (χ3n) is 3.26. The second kappa shape index (κ2) is 5.50. The summed E-state index contributed by atoms with van der Waals surface area (Å²) in [5.74, 6) is 0.884. The van der Waals surface area contributed by atoms with E-state index in [9.17, 15) is 0 Å². The number of hydrogen-bond donors (Lipinski definition) is 1. The van der Waals surface area contributed by atoms with Crippen molar-refractivity contribution < 1.29 is 0 Å². The number of anilines is 1. The third kappa shape index (κ3) is 2.73. The Balaban J connectivity index is 1.82. The van der Waals surface area contributed by atoms with Gasteiger partial charge in [0.2, 0.25) is 0 Å². The van der Waals surface area contributed by atoms with E-state index in [1.165, 1.54) is 32.1 Å². The molecule has 0 bridgehead atoms. The summed E-state index contributed by atoms with van der Waals surface area (Å²) >= 11 is 0. The zero-order valence-electron chi connectivity index (χ0n) is 9.45. The molecule has 84 valence electrons. The van der Waals surface area contributed by atoms with Crippen molar-refractivity contribution in [3.63, 3.8) is 0 Å². The van der Waals surface area contributed by atoms with Gasteiger partial charge in [0.15, 0.2) is 5.69 Å². The van der Waals surface area contributed by atoms with E-state index in [2.05, 4.69) is 16.4 Å². The molecule has 1 saturated carbocycles. The molecule has 0 spiro atoms. The Morgan fingerprint density at radius 1 is 1.44 bits per heavy atom. The average Bonchev–Trinajstić information content (AvgIpc) is 2.83.